The summed E-state index contributed by atoms with van der Waals surface area (Å²) in [5.41, 5.74) is 1.13. The predicted molar refractivity (Wildman–Crippen MR) is 75.5 cm³/mol. The molecule has 0 radical (unpaired) electrons. The molecular weight excluding hydrogens is 222 g/mol. The maximum Gasteiger partial charge on any atom is 0.0570 e. The van der Waals surface area contributed by atoms with Gasteiger partial charge in [0, 0.05) is 31.4 Å². The molecule has 100 valence electrons. The zero-order valence-corrected chi connectivity index (χ0v) is 11.6. The van der Waals surface area contributed by atoms with Crippen molar-refractivity contribution in [3.63, 3.8) is 0 Å². The molecule has 1 heterocycles. The van der Waals surface area contributed by atoms with E-state index in [1.807, 2.05) is 18.3 Å². The predicted octanol–water partition coefficient (Wildman–Crippen LogP) is 2.61. The smallest absolute Gasteiger partial charge is 0.0570 e. The van der Waals surface area contributed by atoms with Crippen molar-refractivity contribution < 1.29 is 0 Å². The minimum absolute atomic E-state index is 0.336. The average molecular weight is 247 g/mol. The molecule has 1 aliphatic rings. The Hall–Kier alpha value is -0.930. The second-order valence-corrected chi connectivity index (χ2v) is 5.35. The van der Waals surface area contributed by atoms with Gasteiger partial charge in [0.1, 0.15) is 0 Å². The summed E-state index contributed by atoms with van der Waals surface area (Å²) < 4.78 is 0. The average Bonchev–Trinajstić information content (AvgIpc) is 2.93. The highest BCUT2D eigenvalue weighted by Crippen LogP contribution is 2.21. The van der Waals surface area contributed by atoms with Gasteiger partial charge in [-0.05, 0) is 38.9 Å². The highest BCUT2D eigenvalue weighted by Gasteiger charge is 2.18. The molecule has 1 aliphatic carbocycles. The first kappa shape index (κ1) is 13.5. The van der Waals surface area contributed by atoms with Crippen LogP contribution < -0.4 is 5.32 Å². The van der Waals surface area contributed by atoms with E-state index in [4.69, 9.17) is 0 Å². The van der Waals surface area contributed by atoms with Crippen LogP contribution in [-0.2, 0) is 0 Å². The standard InChI is InChI=1S/C15H25N3/c1-13(15-9-5-6-10-17-15)16-11-12-18(2)14-7-3-4-8-14/h5-6,9-10,13-14,16H,3-4,7-8,11-12H2,1-2H3. The van der Waals surface area contributed by atoms with Crippen molar-refractivity contribution in [2.24, 2.45) is 0 Å². The Morgan fingerprint density at radius 2 is 2.17 bits per heavy atom. The van der Waals surface area contributed by atoms with Crippen LogP contribution in [-0.4, -0.2) is 36.1 Å². The second-order valence-electron chi connectivity index (χ2n) is 5.35. The molecule has 0 aliphatic heterocycles. The first-order valence-electron chi connectivity index (χ1n) is 7.12. The number of hydrogen-bond donors (Lipinski definition) is 1. The maximum absolute atomic E-state index is 4.38. The molecule has 1 fully saturated rings. The highest BCUT2D eigenvalue weighted by atomic mass is 15.1. The summed E-state index contributed by atoms with van der Waals surface area (Å²) in [6, 6.07) is 7.24. The Balaban J connectivity index is 1.68. The van der Waals surface area contributed by atoms with E-state index in [2.05, 4.69) is 35.2 Å². The van der Waals surface area contributed by atoms with E-state index >= 15 is 0 Å². The number of rotatable bonds is 6. The Morgan fingerprint density at radius 3 is 2.83 bits per heavy atom. The van der Waals surface area contributed by atoms with E-state index < -0.39 is 0 Å². The number of hydrogen-bond acceptors (Lipinski definition) is 3. The largest absolute Gasteiger partial charge is 0.308 e. The number of aromatic nitrogens is 1. The van der Waals surface area contributed by atoms with Crippen LogP contribution in [0.3, 0.4) is 0 Å². The van der Waals surface area contributed by atoms with Crippen LogP contribution in [0.25, 0.3) is 0 Å². The third kappa shape index (κ3) is 3.79. The second kappa shape index (κ2) is 6.86. The lowest BCUT2D eigenvalue weighted by Gasteiger charge is -2.24. The Bertz CT molecular complexity index is 333. The van der Waals surface area contributed by atoms with Gasteiger partial charge in [-0.3, -0.25) is 4.98 Å². The fourth-order valence-corrected chi connectivity index (χ4v) is 2.72. The van der Waals surface area contributed by atoms with E-state index in [1.54, 1.807) is 0 Å². The van der Waals surface area contributed by atoms with E-state index in [-0.39, 0.29) is 0 Å². The molecule has 3 nitrogen and oxygen atoms in total. The quantitative estimate of drug-likeness (QED) is 0.837. The van der Waals surface area contributed by atoms with Gasteiger partial charge in [-0.15, -0.1) is 0 Å². The van der Waals surface area contributed by atoms with Crippen LogP contribution in [0, 0.1) is 0 Å². The molecule has 0 amide bonds. The molecule has 1 saturated carbocycles. The van der Waals surface area contributed by atoms with Crippen LogP contribution in [0.1, 0.15) is 44.3 Å². The van der Waals surface area contributed by atoms with Gasteiger partial charge >= 0.3 is 0 Å². The number of pyridine rings is 1. The van der Waals surface area contributed by atoms with E-state index in [9.17, 15) is 0 Å². The van der Waals surface area contributed by atoms with Gasteiger partial charge in [0.2, 0.25) is 0 Å². The topological polar surface area (TPSA) is 28.2 Å². The molecule has 18 heavy (non-hydrogen) atoms. The van der Waals surface area contributed by atoms with E-state index in [1.165, 1.54) is 25.7 Å². The third-order valence-corrected chi connectivity index (χ3v) is 3.99. The molecule has 2 rings (SSSR count). The van der Waals surface area contributed by atoms with Crippen molar-refractivity contribution in [2.75, 3.05) is 20.1 Å². The zero-order chi connectivity index (χ0) is 12.8. The summed E-state index contributed by atoms with van der Waals surface area (Å²) in [5.74, 6) is 0. The summed E-state index contributed by atoms with van der Waals surface area (Å²) in [7, 11) is 2.25. The van der Waals surface area contributed by atoms with Gasteiger partial charge in [0.05, 0.1) is 5.69 Å². The monoisotopic (exact) mass is 247 g/mol. The number of likely N-dealkylation sites (N-methyl/N-ethyl adjacent to an activating group) is 1. The molecular formula is C15H25N3. The molecule has 1 atom stereocenters. The number of nitrogens with one attached hydrogen (secondary N) is 1. The summed E-state index contributed by atoms with van der Waals surface area (Å²) >= 11 is 0. The van der Waals surface area contributed by atoms with Crippen LogP contribution in [0.4, 0.5) is 0 Å². The third-order valence-electron chi connectivity index (χ3n) is 3.99. The van der Waals surface area contributed by atoms with Crippen molar-refractivity contribution in [3.8, 4) is 0 Å². The van der Waals surface area contributed by atoms with Crippen molar-refractivity contribution in [1.29, 1.82) is 0 Å². The van der Waals surface area contributed by atoms with E-state index in [0.29, 0.717) is 6.04 Å². The first-order chi connectivity index (χ1) is 8.77. The summed E-state index contributed by atoms with van der Waals surface area (Å²) in [4.78, 5) is 6.88. The molecule has 1 aromatic heterocycles. The van der Waals surface area contributed by atoms with Crippen LogP contribution in [0.2, 0.25) is 0 Å². The van der Waals surface area contributed by atoms with Gasteiger partial charge in [-0.25, -0.2) is 0 Å². The molecule has 0 spiro atoms. The molecule has 1 N–H and O–H groups in total. The fraction of sp³-hybridized carbons (Fsp3) is 0.667. The molecule has 0 bridgehead atoms. The lowest BCUT2D eigenvalue weighted by molar-refractivity contribution is 0.243. The van der Waals surface area contributed by atoms with Crippen LogP contribution in [0.15, 0.2) is 24.4 Å². The van der Waals surface area contributed by atoms with Gasteiger partial charge in [0.15, 0.2) is 0 Å². The van der Waals surface area contributed by atoms with Crippen molar-refractivity contribution >= 4 is 0 Å². The highest BCUT2D eigenvalue weighted by molar-refractivity contribution is 5.07. The summed E-state index contributed by atoms with van der Waals surface area (Å²) in [6.07, 6.45) is 7.44. The Kier molecular flexibility index (Phi) is 5.14. The van der Waals surface area contributed by atoms with Gasteiger partial charge in [-0.1, -0.05) is 18.9 Å². The van der Waals surface area contributed by atoms with E-state index in [0.717, 1.165) is 24.8 Å². The van der Waals surface area contributed by atoms with Crippen LogP contribution >= 0.6 is 0 Å². The van der Waals surface area contributed by atoms with Crippen molar-refractivity contribution in [1.82, 2.24) is 15.2 Å². The van der Waals surface area contributed by atoms with Gasteiger partial charge in [0.25, 0.3) is 0 Å². The SMILES string of the molecule is CC(NCCN(C)C1CCCC1)c1ccccn1. The lowest BCUT2D eigenvalue weighted by Crippen LogP contribution is -2.36. The fourth-order valence-electron chi connectivity index (χ4n) is 2.72. The summed E-state index contributed by atoms with van der Waals surface area (Å²) in [6.45, 7) is 4.34. The maximum atomic E-state index is 4.38. The minimum atomic E-state index is 0.336. The summed E-state index contributed by atoms with van der Waals surface area (Å²) in [5, 5.41) is 3.55. The molecule has 1 unspecified atom stereocenters. The molecule has 0 aromatic carbocycles. The minimum Gasteiger partial charge on any atom is -0.308 e. The lowest BCUT2D eigenvalue weighted by atomic mass is 10.2. The Morgan fingerprint density at radius 1 is 1.39 bits per heavy atom. The molecule has 3 heteroatoms. The zero-order valence-electron chi connectivity index (χ0n) is 11.6. The number of nitrogens with zero attached hydrogens (tertiary/aromatic N) is 2. The molecule has 0 saturated heterocycles. The van der Waals surface area contributed by atoms with Gasteiger partial charge in [-0.2, -0.15) is 0 Å². The van der Waals surface area contributed by atoms with Gasteiger partial charge < -0.3 is 10.2 Å². The normalized spacial score (nSPS) is 18.4. The van der Waals surface area contributed by atoms with Crippen molar-refractivity contribution in [2.45, 2.75) is 44.7 Å². The van der Waals surface area contributed by atoms with Crippen LogP contribution in [0.5, 0.6) is 0 Å². The van der Waals surface area contributed by atoms with Crippen molar-refractivity contribution in [3.05, 3.63) is 30.1 Å². The Labute approximate surface area is 111 Å². The first-order valence-corrected chi connectivity index (χ1v) is 7.12. The molecule has 1 aromatic rings.